The summed E-state index contributed by atoms with van der Waals surface area (Å²) >= 11 is 0. The monoisotopic (exact) mass is 415 g/mol. The fourth-order valence-electron chi connectivity index (χ4n) is 3.14. The topological polar surface area (TPSA) is 108 Å². The van der Waals surface area contributed by atoms with Gasteiger partial charge in [0, 0.05) is 25.7 Å². The van der Waals surface area contributed by atoms with Crippen LogP contribution in [0.5, 0.6) is 0 Å². The molecule has 0 bridgehead atoms. The van der Waals surface area contributed by atoms with E-state index in [0.717, 1.165) is 29.2 Å². The first-order valence-corrected chi connectivity index (χ1v) is 9.75. The average molecular weight is 415 g/mol. The molecule has 9 nitrogen and oxygen atoms in total. The number of rotatable bonds is 10. The maximum absolute atomic E-state index is 14.0. The number of aromatic amines is 1. The molecule has 30 heavy (non-hydrogen) atoms. The first kappa shape index (κ1) is 21.4. The number of hydrogen-bond acceptors (Lipinski definition) is 5. The Bertz CT molecular complexity index is 1030. The molecule has 10 heteroatoms. The predicted molar refractivity (Wildman–Crippen MR) is 110 cm³/mol. The highest BCUT2D eigenvalue weighted by atomic mass is 19.1. The smallest absolute Gasteiger partial charge is 0.272 e. The van der Waals surface area contributed by atoms with Gasteiger partial charge in [0.2, 0.25) is 6.41 Å². The quantitative estimate of drug-likeness (QED) is 0.436. The van der Waals surface area contributed by atoms with Crippen LogP contribution in [0.25, 0.3) is 11.0 Å². The second-order valence-electron chi connectivity index (χ2n) is 7.28. The molecule has 2 amide bonds. The number of carbonyl (C=O) groups excluding carboxylic acids is 2. The summed E-state index contributed by atoms with van der Waals surface area (Å²) in [5.74, 6) is -0.659. The van der Waals surface area contributed by atoms with Crippen LogP contribution in [0.2, 0.25) is 0 Å². The Kier molecular flexibility index (Phi) is 6.78. The van der Waals surface area contributed by atoms with E-state index in [2.05, 4.69) is 25.7 Å². The highest BCUT2D eigenvalue weighted by molar-refractivity contribution is 5.92. The Morgan fingerprint density at radius 2 is 2.20 bits per heavy atom. The summed E-state index contributed by atoms with van der Waals surface area (Å²) in [5.41, 5.74) is 2.41. The molecule has 3 N–H and O–H groups in total. The van der Waals surface area contributed by atoms with E-state index in [1.807, 2.05) is 39.1 Å². The van der Waals surface area contributed by atoms with Crippen LogP contribution in [0, 0.1) is 5.82 Å². The molecule has 2 aromatic heterocycles. The van der Waals surface area contributed by atoms with Gasteiger partial charge in [-0.1, -0.05) is 6.07 Å². The summed E-state index contributed by atoms with van der Waals surface area (Å²) in [5, 5.41) is 9.61. The van der Waals surface area contributed by atoms with Crippen LogP contribution in [0.15, 0.2) is 24.4 Å². The van der Waals surface area contributed by atoms with Gasteiger partial charge in [-0.3, -0.25) is 14.3 Å². The minimum atomic E-state index is -0.659. The molecule has 1 aromatic carbocycles. The Labute approximate surface area is 173 Å². The third-order valence-corrected chi connectivity index (χ3v) is 4.65. The van der Waals surface area contributed by atoms with Gasteiger partial charge in [-0.2, -0.15) is 5.10 Å². The van der Waals surface area contributed by atoms with Gasteiger partial charge in [-0.05, 0) is 38.6 Å². The van der Waals surface area contributed by atoms with Crippen LogP contribution in [0.4, 0.5) is 4.39 Å². The number of carbonyl (C=O) groups is 2. The second-order valence-corrected chi connectivity index (χ2v) is 7.28. The summed E-state index contributed by atoms with van der Waals surface area (Å²) in [6.45, 7) is 5.58. The van der Waals surface area contributed by atoms with E-state index in [0.29, 0.717) is 25.5 Å². The number of benzene rings is 1. The Balaban J connectivity index is 1.68. The summed E-state index contributed by atoms with van der Waals surface area (Å²) in [6.07, 6.45) is 1.87. The summed E-state index contributed by atoms with van der Waals surface area (Å²) < 4.78 is 15.3. The molecule has 160 valence electrons. The van der Waals surface area contributed by atoms with Gasteiger partial charge in [-0.15, -0.1) is 0 Å². The lowest BCUT2D eigenvalue weighted by atomic mass is 10.2. The van der Waals surface area contributed by atoms with E-state index >= 15 is 0 Å². The first-order valence-electron chi connectivity index (χ1n) is 9.75. The highest BCUT2D eigenvalue weighted by Gasteiger charge is 2.20. The van der Waals surface area contributed by atoms with Gasteiger partial charge < -0.3 is 20.5 Å². The van der Waals surface area contributed by atoms with Gasteiger partial charge in [0.05, 0.1) is 23.8 Å². The number of likely N-dealkylation sites (N-methyl/N-ethyl adjacent to an activating group) is 1. The SMILES string of the molecule is CNCCN(C=O)Cc1ccc2nc(CNC(=O)c3c(F)cnn3C(C)C)[nH]c2c1. The number of imidazole rings is 1. The molecule has 0 unspecified atom stereocenters. The number of fused-ring (bicyclic) bond motifs is 1. The Morgan fingerprint density at radius 3 is 2.90 bits per heavy atom. The fourth-order valence-corrected chi connectivity index (χ4v) is 3.14. The molecule has 3 aromatic rings. The van der Waals surface area contributed by atoms with Crippen molar-refractivity contribution in [2.24, 2.45) is 0 Å². The van der Waals surface area contributed by atoms with Crippen molar-refractivity contribution in [3.8, 4) is 0 Å². The first-order chi connectivity index (χ1) is 14.4. The molecule has 0 aliphatic rings. The van der Waals surface area contributed by atoms with Crippen molar-refractivity contribution in [1.29, 1.82) is 0 Å². The standard InChI is InChI=1S/C20H26FN7O2/c1-13(2)28-19(15(21)9-24-28)20(30)23-10-18-25-16-5-4-14(8-17(16)26-18)11-27(12-29)7-6-22-3/h4-5,8-9,12-13,22H,6-7,10-11H2,1-3H3,(H,23,30)(H,25,26). The number of nitrogens with one attached hydrogen (secondary N) is 3. The molecular weight excluding hydrogens is 389 g/mol. The summed E-state index contributed by atoms with van der Waals surface area (Å²) in [6, 6.07) is 5.56. The zero-order valence-corrected chi connectivity index (χ0v) is 17.3. The normalized spacial score (nSPS) is 11.2. The maximum atomic E-state index is 14.0. The van der Waals surface area contributed by atoms with Gasteiger partial charge in [-0.25, -0.2) is 9.37 Å². The number of halogens is 1. The van der Waals surface area contributed by atoms with E-state index in [4.69, 9.17) is 0 Å². The molecule has 0 atom stereocenters. The lowest BCUT2D eigenvalue weighted by Crippen LogP contribution is -2.29. The van der Waals surface area contributed by atoms with Crippen LogP contribution in [-0.4, -0.2) is 57.1 Å². The van der Waals surface area contributed by atoms with Gasteiger partial charge in [0.15, 0.2) is 11.5 Å². The molecule has 0 saturated heterocycles. The Morgan fingerprint density at radius 1 is 1.40 bits per heavy atom. The van der Waals surface area contributed by atoms with Crippen molar-refractivity contribution in [3.05, 3.63) is 47.3 Å². The zero-order chi connectivity index (χ0) is 21.7. The lowest BCUT2D eigenvalue weighted by molar-refractivity contribution is -0.118. The lowest BCUT2D eigenvalue weighted by Gasteiger charge is -2.16. The number of hydrogen-bond donors (Lipinski definition) is 3. The number of aromatic nitrogens is 4. The van der Waals surface area contributed by atoms with E-state index in [1.54, 1.807) is 4.90 Å². The van der Waals surface area contributed by atoms with Crippen molar-refractivity contribution in [3.63, 3.8) is 0 Å². The van der Waals surface area contributed by atoms with Crippen LogP contribution in [0.3, 0.4) is 0 Å². The van der Waals surface area contributed by atoms with Crippen LogP contribution in [-0.2, 0) is 17.9 Å². The van der Waals surface area contributed by atoms with Gasteiger partial charge >= 0.3 is 0 Å². The van der Waals surface area contributed by atoms with Gasteiger partial charge in [0.25, 0.3) is 5.91 Å². The van der Waals surface area contributed by atoms with E-state index in [-0.39, 0.29) is 18.3 Å². The number of H-pyrrole nitrogens is 1. The minimum absolute atomic E-state index is 0.0982. The van der Waals surface area contributed by atoms with Crippen molar-refractivity contribution in [2.75, 3.05) is 20.1 Å². The second kappa shape index (κ2) is 9.49. The number of nitrogens with zero attached hydrogens (tertiary/aromatic N) is 4. The molecule has 0 spiro atoms. The van der Waals surface area contributed by atoms with E-state index in [9.17, 15) is 14.0 Å². The van der Waals surface area contributed by atoms with Crippen LogP contribution < -0.4 is 10.6 Å². The van der Waals surface area contributed by atoms with Crippen molar-refractivity contribution < 1.29 is 14.0 Å². The molecule has 0 aliphatic heterocycles. The van der Waals surface area contributed by atoms with Crippen molar-refractivity contribution >= 4 is 23.4 Å². The molecule has 0 fully saturated rings. The van der Waals surface area contributed by atoms with E-state index in [1.165, 1.54) is 4.68 Å². The zero-order valence-electron chi connectivity index (χ0n) is 17.3. The van der Waals surface area contributed by atoms with E-state index < -0.39 is 11.7 Å². The molecule has 0 radical (unpaired) electrons. The average Bonchev–Trinajstić information content (AvgIpc) is 3.32. The molecule has 0 aliphatic carbocycles. The largest absolute Gasteiger partial charge is 0.343 e. The molecule has 2 heterocycles. The molecular formula is C20H26FN7O2. The maximum Gasteiger partial charge on any atom is 0.272 e. The molecule has 3 rings (SSSR count). The third-order valence-electron chi connectivity index (χ3n) is 4.65. The Hall–Kier alpha value is -3.27. The fraction of sp³-hybridized carbons (Fsp3) is 0.400. The minimum Gasteiger partial charge on any atom is -0.343 e. The summed E-state index contributed by atoms with van der Waals surface area (Å²) in [4.78, 5) is 33.0. The number of amides is 2. The van der Waals surface area contributed by atoms with Gasteiger partial charge in [0.1, 0.15) is 5.82 Å². The summed E-state index contributed by atoms with van der Waals surface area (Å²) in [7, 11) is 1.84. The predicted octanol–water partition coefficient (Wildman–Crippen LogP) is 1.59. The third kappa shape index (κ3) is 4.82. The van der Waals surface area contributed by atoms with Crippen LogP contribution in [0.1, 0.15) is 41.8 Å². The highest BCUT2D eigenvalue weighted by Crippen LogP contribution is 2.16. The van der Waals surface area contributed by atoms with Crippen molar-refractivity contribution in [1.82, 2.24) is 35.3 Å². The van der Waals surface area contributed by atoms with Crippen LogP contribution >= 0.6 is 0 Å². The molecule has 0 saturated carbocycles. The van der Waals surface area contributed by atoms with Crippen molar-refractivity contribution in [2.45, 2.75) is 33.0 Å².